The quantitative estimate of drug-likeness (QED) is 0.665. The van der Waals surface area contributed by atoms with Crippen molar-refractivity contribution in [3.8, 4) is 11.4 Å². The second kappa shape index (κ2) is 8.48. The predicted octanol–water partition coefficient (Wildman–Crippen LogP) is 4.36. The monoisotopic (exact) mass is 361 g/mol. The van der Waals surface area contributed by atoms with E-state index in [0.29, 0.717) is 29.6 Å². The molecule has 0 atom stereocenters. The summed E-state index contributed by atoms with van der Waals surface area (Å²) < 4.78 is 5.29. The lowest BCUT2D eigenvalue weighted by molar-refractivity contribution is -0.131. The Balaban J connectivity index is 1.48. The molecule has 1 aromatic carbocycles. The average molecular weight is 362 g/mol. The van der Waals surface area contributed by atoms with Gasteiger partial charge in [0, 0.05) is 36.5 Å². The molecule has 6 heteroatoms. The third-order valence-corrected chi connectivity index (χ3v) is 4.63. The van der Waals surface area contributed by atoms with Gasteiger partial charge in [-0.2, -0.15) is 4.98 Å². The molecule has 1 aromatic heterocycles. The van der Waals surface area contributed by atoms with Crippen LogP contribution in [0.4, 0.5) is 0 Å². The first kappa shape index (κ1) is 17.9. The fraction of sp³-hybridized carbons (Fsp3) is 0.526. The molecule has 0 spiro atoms. The van der Waals surface area contributed by atoms with Crippen molar-refractivity contribution < 1.29 is 9.32 Å². The molecule has 1 saturated carbocycles. The van der Waals surface area contributed by atoms with Gasteiger partial charge in [0.2, 0.25) is 17.6 Å². The highest BCUT2D eigenvalue weighted by Crippen LogP contribution is 2.30. The number of carbonyl (C=O) groups is 1. The van der Waals surface area contributed by atoms with Gasteiger partial charge < -0.3 is 9.42 Å². The van der Waals surface area contributed by atoms with E-state index in [1.807, 2.05) is 17.0 Å². The van der Waals surface area contributed by atoms with Crippen molar-refractivity contribution in [3.05, 3.63) is 35.2 Å². The molecule has 0 aliphatic heterocycles. The molecule has 2 aromatic rings. The van der Waals surface area contributed by atoms with Crippen molar-refractivity contribution in [3.63, 3.8) is 0 Å². The lowest BCUT2D eigenvalue weighted by atomic mass is 10.2. The number of amides is 1. The molecule has 0 unspecified atom stereocenters. The van der Waals surface area contributed by atoms with Gasteiger partial charge in [-0.15, -0.1) is 0 Å². The molecule has 1 aliphatic rings. The Morgan fingerprint density at radius 1 is 1.32 bits per heavy atom. The summed E-state index contributed by atoms with van der Waals surface area (Å²) in [6.45, 7) is 3.90. The minimum Gasteiger partial charge on any atom is -0.342 e. The average Bonchev–Trinajstić information content (AvgIpc) is 3.30. The van der Waals surface area contributed by atoms with Gasteiger partial charge in [-0.3, -0.25) is 4.79 Å². The van der Waals surface area contributed by atoms with E-state index >= 15 is 0 Å². The SMILES string of the molecule is CCCN(CC1CC1)C(=O)CCCc1nc(-c2ccc(Cl)cc2)no1. The lowest BCUT2D eigenvalue weighted by Crippen LogP contribution is -2.33. The highest BCUT2D eigenvalue weighted by molar-refractivity contribution is 6.30. The molecule has 1 aliphatic carbocycles. The molecule has 134 valence electrons. The first-order valence-corrected chi connectivity index (χ1v) is 9.39. The van der Waals surface area contributed by atoms with Crippen LogP contribution in [0, 0.1) is 5.92 Å². The van der Waals surface area contributed by atoms with Crippen LogP contribution in [-0.2, 0) is 11.2 Å². The van der Waals surface area contributed by atoms with E-state index < -0.39 is 0 Å². The van der Waals surface area contributed by atoms with Crippen LogP contribution in [0.2, 0.25) is 5.02 Å². The maximum absolute atomic E-state index is 12.4. The molecule has 25 heavy (non-hydrogen) atoms. The molecular formula is C19H24ClN3O2. The van der Waals surface area contributed by atoms with Gasteiger partial charge in [0.1, 0.15) is 0 Å². The number of aromatic nitrogens is 2. The predicted molar refractivity (Wildman–Crippen MR) is 97.3 cm³/mol. The third kappa shape index (κ3) is 5.30. The van der Waals surface area contributed by atoms with Gasteiger partial charge in [0.15, 0.2) is 0 Å². The van der Waals surface area contributed by atoms with Gasteiger partial charge in [-0.05, 0) is 55.9 Å². The molecule has 0 bridgehead atoms. The number of hydrogen-bond acceptors (Lipinski definition) is 4. The van der Waals surface area contributed by atoms with Crippen molar-refractivity contribution in [2.24, 2.45) is 5.92 Å². The van der Waals surface area contributed by atoms with E-state index in [9.17, 15) is 4.79 Å². The van der Waals surface area contributed by atoms with Crippen molar-refractivity contribution >= 4 is 17.5 Å². The van der Waals surface area contributed by atoms with Gasteiger partial charge in [0.25, 0.3) is 0 Å². The van der Waals surface area contributed by atoms with E-state index in [2.05, 4.69) is 17.1 Å². The van der Waals surface area contributed by atoms with Crippen LogP contribution in [0.3, 0.4) is 0 Å². The van der Waals surface area contributed by atoms with Gasteiger partial charge in [-0.1, -0.05) is 23.7 Å². The Kier molecular flexibility index (Phi) is 6.08. The second-order valence-electron chi connectivity index (χ2n) is 6.66. The highest BCUT2D eigenvalue weighted by Gasteiger charge is 2.26. The number of halogens is 1. The normalized spacial score (nSPS) is 13.8. The van der Waals surface area contributed by atoms with Gasteiger partial charge >= 0.3 is 0 Å². The minimum absolute atomic E-state index is 0.242. The van der Waals surface area contributed by atoms with Crippen molar-refractivity contribution in [2.75, 3.05) is 13.1 Å². The second-order valence-corrected chi connectivity index (χ2v) is 7.09. The van der Waals surface area contributed by atoms with E-state index in [1.54, 1.807) is 12.1 Å². The molecule has 0 saturated heterocycles. The standard InChI is InChI=1S/C19H24ClN3O2/c1-2-12-23(13-14-6-7-14)18(24)5-3-4-17-21-19(22-25-17)15-8-10-16(20)11-9-15/h8-11,14H,2-7,12-13H2,1H3. The van der Waals surface area contributed by atoms with Crippen LogP contribution in [0.15, 0.2) is 28.8 Å². The Hall–Kier alpha value is -1.88. The van der Waals surface area contributed by atoms with Gasteiger partial charge in [-0.25, -0.2) is 0 Å². The zero-order valence-electron chi connectivity index (χ0n) is 14.6. The molecule has 0 N–H and O–H groups in total. The first-order chi connectivity index (χ1) is 12.2. The van der Waals surface area contributed by atoms with Crippen LogP contribution < -0.4 is 0 Å². The van der Waals surface area contributed by atoms with Crippen LogP contribution in [-0.4, -0.2) is 34.0 Å². The topological polar surface area (TPSA) is 59.2 Å². The van der Waals surface area contributed by atoms with E-state index in [1.165, 1.54) is 12.8 Å². The number of nitrogens with zero attached hydrogens (tertiary/aromatic N) is 3. The largest absolute Gasteiger partial charge is 0.342 e. The molecular weight excluding hydrogens is 338 g/mol. The molecule has 1 amide bonds. The molecule has 5 nitrogen and oxygen atoms in total. The van der Waals surface area contributed by atoms with Crippen LogP contribution >= 0.6 is 11.6 Å². The molecule has 1 heterocycles. The van der Waals surface area contributed by atoms with Gasteiger partial charge in [0.05, 0.1) is 0 Å². The smallest absolute Gasteiger partial charge is 0.226 e. The zero-order chi connectivity index (χ0) is 17.6. The van der Waals surface area contributed by atoms with Crippen LogP contribution in [0.25, 0.3) is 11.4 Å². The Morgan fingerprint density at radius 2 is 2.08 bits per heavy atom. The lowest BCUT2D eigenvalue weighted by Gasteiger charge is -2.21. The van der Waals surface area contributed by atoms with E-state index in [4.69, 9.17) is 16.1 Å². The maximum atomic E-state index is 12.4. The summed E-state index contributed by atoms with van der Waals surface area (Å²) in [6, 6.07) is 7.32. The van der Waals surface area contributed by atoms with E-state index in [-0.39, 0.29) is 5.91 Å². The van der Waals surface area contributed by atoms with Crippen LogP contribution in [0.5, 0.6) is 0 Å². The van der Waals surface area contributed by atoms with E-state index in [0.717, 1.165) is 37.4 Å². The Bertz CT molecular complexity index is 695. The van der Waals surface area contributed by atoms with Crippen molar-refractivity contribution in [1.82, 2.24) is 15.0 Å². The summed E-state index contributed by atoms with van der Waals surface area (Å²) in [7, 11) is 0. The van der Waals surface area contributed by atoms with Crippen molar-refractivity contribution in [2.45, 2.75) is 45.4 Å². The van der Waals surface area contributed by atoms with Crippen molar-refractivity contribution in [1.29, 1.82) is 0 Å². The summed E-state index contributed by atoms with van der Waals surface area (Å²) >= 11 is 5.89. The minimum atomic E-state index is 0.242. The number of benzene rings is 1. The summed E-state index contributed by atoms with van der Waals surface area (Å²) in [4.78, 5) is 18.8. The zero-order valence-corrected chi connectivity index (χ0v) is 15.3. The number of hydrogen-bond donors (Lipinski definition) is 0. The molecule has 1 fully saturated rings. The summed E-state index contributed by atoms with van der Waals surface area (Å²) in [5.41, 5.74) is 0.869. The third-order valence-electron chi connectivity index (χ3n) is 4.37. The fourth-order valence-electron chi connectivity index (χ4n) is 2.82. The number of aryl methyl sites for hydroxylation is 1. The fourth-order valence-corrected chi connectivity index (χ4v) is 2.95. The maximum Gasteiger partial charge on any atom is 0.226 e. The molecule has 3 rings (SSSR count). The Labute approximate surface area is 153 Å². The highest BCUT2D eigenvalue weighted by atomic mass is 35.5. The summed E-state index contributed by atoms with van der Waals surface area (Å²) in [6.07, 6.45) is 5.42. The number of carbonyl (C=O) groups excluding carboxylic acids is 1. The van der Waals surface area contributed by atoms with Crippen LogP contribution in [0.1, 0.15) is 44.9 Å². The summed E-state index contributed by atoms with van der Waals surface area (Å²) in [5, 5.41) is 4.68. The number of rotatable bonds is 9. The molecule has 0 radical (unpaired) electrons. The Morgan fingerprint density at radius 3 is 2.76 bits per heavy atom. The summed E-state index contributed by atoms with van der Waals surface area (Å²) in [5.74, 6) is 2.10. The first-order valence-electron chi connectivity index (χ1n) is 9.02.